The summed E-state index contributed by atoms with van der Waals surface area (Å²) in [6, 6.07) is 9.20. The number of alkyl halides is 1. The maximum absolute atomic E-state index is 15.3. The fourth-order valence-corrected chi connectivity index (χ4v) is 6.06. The van der Waals surface area contributed by atoms with Gasteiger partial charge >= 0.3 is 5.97 Å². The molecule has 35 heavy (non-hydrogen) atoms. The lowest BCUT2D eigenvalue weighted by Crippen LogP contribution is -2.30. The van der Waals surface area contributed by atoms with E-state index in [0.29, 0.717) is 25.2 Å². The smallest absolute Gasteiger partial charge is 0.341 e. The Morgan fingerprint density at radius 2 is 2.00 bits per heavy atom. The molecule has 1 aliphatic heterocycles. The van der Waals surface area contributed by atoms with Gasteiger partial charge in [-0.15, -0.1) is 0 Å². The van der Waals surface area contributed by atoms with E-state index in [0.717, 1.165) is 51.6 Å². The molecule has 0 spiro atoms. The Labute approximate surface area is 200 Å². The molecule has 2 aromatic carbocycles. The average Bonchev–Trinajstić information content (AvgIpc) is 3.55. The number of aromatic nitrogens is 3. The Morgan fingerprint density at radius 3 is 2.71 bits per heavy atom. The molecule has 4 aromatic rings. The van der Waals surface area contributed by atoms with Gasteiger partial charge in [-0.2, -0.15) is 5.10 Å². The van der Waals surface area contributed by atoms with Crippen molar-refractivity contribution in [1.29, 1.82) is 0 Å². The summed E-state index contributed by atoms with van der Waals surface area (Å²) in [7, 11) is 0. The number of nitrogens with zero attached hydrogens (tertiary/aromatic N) is 2. The zero-order chi connectivity index (χ0) is 24.3. The molecule has 2 aliphatic rings. The van der Waals surface area contributed by atoms with E-state index in [9.17, 15) is 14.3 Å². The number of carbonyl (C=O) groups is 1. The Hall–Kier alpha value is -3.26. The maximum atomic E-state index is 15.3. The number of halogens is 2. The first-order valence-corrected chi connectivity index (χ1v) is 12.1. The van der Waals surface area contributed by atoms with E-state index in [4.69, 9.17) is 4.74 Å². The lowest BCUT2D eigenvalue weighted by Gasteiger charge is -2.27. The minimum absolute atomic E-state index is 0.00511. The van der Waals surface area contributed by atoms with Gasteiger partial charge < -0.3 is 14.4 Å². The summed E-state index contributed by atoms with van der Waals surface area (Å²) in [6.45, 7) is 3.01. The van der Waals surface area contributed by atoms with Crippen LogP contribution in [0.1, 0.15) is 60.8 Å². The van der Waals surface area contributed by atoms with Crippen LogP contribution in [-0.2, 0) is 9.53 Å². The topological polar surface area (TPSA) is 80.1 Å². The van der Waals surface area contributed by atoms with Gasteiger partial charge in [0.05, 0.1) is 17.2 Å². The van der Waals surface area contributed by atoms with Gasteiger partial charge in [0.2, 0.25) is 5.67 Å². The summed E-state index contributed by atoms with van der Waals surface area (Å²) in [5, 5.41) is 18.7. The molecule has 1 aliphatic carbocycles. The molecule has 182 valence electrons. The minimum atomic E-state index is -2.23. The van der Waals surface area contributed by atoms with Gasteiger partial charge in [0.15, 0.2) is 0 Å². The first kappa shape index (κ1) is 22.2. The van der Waals surface area contributed by atoms with Gasteiger partial charge in [0, 0.05) is 41.3 Å². The van der Waals surface area contributed by atoms with Gasteiger partial charge in [-0.25, -0.2) is 13.6 Å². The average molecular weight is 480 g/mol. The number of benzene rings is 2. The highest BCUT2D eigenvalue weighted by Crippen LogP contribution is 2.50. The highest BCUT2D eigenvalue weighted by Gasteiger charge is 2.48. The third-order valence-corrected chi connectivity index (χ3v) is 7.86. The number of ether oxygens (including phenoxy) is 1. The first-order valence-electron chi connectivity index (χ1n) is 12.1. The summed E-state index contributed by atoms with van der Waals surface area (Å²) in [6.07, 6.45) is 3.80. The summed E-state index contributed by atoms with van der Waals surface area (Å²) < 4.78 is 37.3. The fourth-order valence-electron chi connectivity index (χ4n) is 6.06. The maximum Gasteiger partial charge on any atom is 0.341 e. The second kappa shape index (κ2) is 8.16. The van der Waals surface area contributed by atoms with Crippen LogP contribution in [0.4, 0.5) is 8.78 Å². The molecule has 1 saturated carbocycles. The van der Waals surface area contributed by atoms with Crippen molar-refractivity contribution < 1.29 is 23.4 Å². The molecule has 1 unspecified atom stereocenters. The third-order valence-electron chi connectivity index (χ3n) is 7.86. The number of aromatic amines is 1. The molecule has 2 atom stereocenters. The van der Waals surface area contributed by atoms with Crippen LogP contribution in [0.5, 0.6) is 0 Å². The Kier molecular flexibility index (Phi) is 5.18. The molecule has 6 rings (SSSR count). The van der Waals surface area contributed by atoms with Gasteiger partial charge in [0.25, 0.3) is 0 Å². The van der Waals surface area contributed by atoms with Gasteiger partial charge in [-0.05, 0) is 86.4 Å². The molecule has 0 bridgehead atoms. The number of aryl methyl sites for hydroxylation is 1. The molecule has 8 heteroatoms. The van der Waals surface area contributed by atoms with Crippen LogP contribution < -0.4 is 0 Å². The first-order chi connectivity index (χ1) is 16.9. The Morgan fingerprint density at radius 1 is 1.20 bits per heavy atom. The van der Waals surface area contributed by atoms with E-state index in [1.807, 2.05) is 12.1 Å². The third kappa shape index (κ3) is 3.54. The number of fused-ring (bicyclic) bond motifs is 2. The Balaban J connectivity index is 1.67. The summed E-state index contributed by atoms with van der Waals surface area (Å²) >= 11 is 0. The molecular formula is C27H27F2N3O3. The number of rotatable bonds is 4. The van der Waals surface area contributed by atoms with Crippen LogP contribution >= 0.6 is 0 Å². The number of nitrogens with one attached hydrogen (secondary N) is 1. The molecule has 0 radical (unpaired) electrons. The molecule has 2 N–H and O–H groups in total. The lowest BCUT2D eigenvalue weighted by molar-refractivity contribution is -0.150. The number of aliphatic carboxylic acids is 1. The predicted molar refractivity (Wildman–Crippen MR) is 128 cm³/mol. The van der Waals surface area contributed by atoms with Crippen molar-refractivity contribution in [3.05, 3.63) is 59.2 Å². The van der Waals surface area contributed by atoms with Crippen LogP contribution in [0.15, 0.2) is 36.5 Å². The van der Waals surface area contributed by atoms with Crippen molar-refractivity contribution in [2.75, 3.05) is 13.2 Å². The van der Waals surface area contributed by atoms with E-state index >= 15 is 4.39 Å². The van der Waals surface area contributed by atoms with Gasteiger partial charge in [-0.3, -0.25) is 5.10 Å². The number of H-pyrrole nitrogens is 1. The van der Waals surface area contributed by atoms with Crippen molar-refractivity contribution in [3.63, 3.8) is 0 Å². The second-order valence-electron chi connectivity index (χ2n) is 9.99. The molecule has 0 amide bonds. The quantitative estimate of drug-likeness (QED) is 0.381. The van der Waals surface area contributed by atoms with Gasteiger partial charge in [0.1, 0.15) is 5.82 Å². The van der Waals surface area contributed by atoms with E-state index in [1.165, 1.54) is 6.07 Å². The van der Waals surface area contributed by atoms with Crippen molar-refractivity contribution >= 4 is 27.8 Å². The van der Waals surface area contributed by atoms with Crippen molar-refractivity contribution in [2.24, 2.45) is 0 Å². The monoisotopic (exact) mass is 479 g/mol. The lowest BCUT2D eigenvalue weighted by atomic mass is 9.86. The molecule has 6 nitrogen and oxygen atoms in total. The van der Waals surface area contributed by atoms with Crippen LogP contribution in [0, 0.1) is 12.7 Å². The summed E-state index contributed by atoms with van der Waals surface area (Å²) in [4.78, 5) is 11.7. The standard InChI is InChI=1S/C27H27F2N3O3/c1-15-10-19(2-3-21(15)28)32-23-11-18-14-30-31-22(18)12-20(23)24(25(32)16-5-8-35-9-6-16)17-4-7-27(29,13-17)26(33)34/h2-3,10-12,14,16-17H,4-9,13H2,1H3,(H,30,31)(H,33,34)/t17?,27-/m0/s1. The fraction of sp³-hybridized carbons (Fsp3) is 0.407. The normalized spacial score (nSPS) is 23.5. The van der Waals surface area contributed by atoms with Crippen LogP contribution in [0.3, 0.4) is 0 Å². The predicted octanol–water partition coefficient (Wildman–Crippen LogP) is 5.91. The zero-order valence-electron chi connectivity index (χ0n) is 19.5. The molecule has 2 aromatic heterocycles. The molecule has 1 saturated heterocycles. The van der Waals surface area contributed by atoms with Crippen molar-refractivity contribution in [1.82, 2.24) is 14.8 Å². The molecule has 2 fully saturated rings. The molecular weight excluding hydrogens is 452 g/mol. The van der Waals surface area contributed by atoms with Crippen LogP contribution in [0.25, 0.3) is 27.5 Å². The highest BCUT2D eigenvalue weighted by molar-refractivity contribution is 5.99. The second-order valence-corrected chi connectivity index (χ2v) is 9.99. The SMILES string of the molecule is Cc1cc(-n2c(C3CCOCC3)c(C3CC[C@@](F)(C(=O)O)C3)c3cc4[nH]ncc4cc32)ccc1F. The number of carboxylic acids is 1. The number of hydrogen-bond donors (Lipinski definition) is 2. The van der Waals surface area contributed by atoms with Crippen LogP contribution in [-0.4, -0.2) is 44.7 Å². The van der Waals surface area contributed by atoms with E-state index < -0.39 is 11.6 Å². The van der Waals surface area contributed by atoms with E-state index in [1.54, 1.807) is 19.2 Å². The number of hydrogen-bond acceptors (Lipinski definition) is 3. The Bertz CT molecular complexity index is 1450. The van der Waals surface area contributed by atoms with Gasteiger partial charge in [-0.1, -0.05) is 0 Å². The minimum Gasteiger partial charge on any atom is -0.479 e. The largest absolute Gasteiger partial charge is 0.479 e. The molecule has 3 heterocycles. The van der Waals surface area contributed by atoms with Crippen LogP contribution in [0.2, 0.25) is 0 Å². The summed E-state index contributed by atoms with van der Waals surface area (Å²) in [5.41, 5.74) is 3.03. The number of carboxylic acid groups (broad SMARTS) is 1. The van der Waals surface area contributed by atoms with Crippen molar-refractivity contribution in [3.8, 4) is 5.69 Å². The highest BCUT2D eigenvalue weighted by atomic mass is 19.1. The van der Waals surface area contributed by atoms with Crippen molar-refractivity contribution in [2.45, 2.75) is 56.5 Å². The van der Waals surface area contributed by atoms with E-state index in [2.05, 4.69) is 20.8 Å². The zero-order valence-corrected chi connectivity index (χ0v) is 19.5. The van der Waals surface area contributed by atoms with E-state index in [-0.39, 0.29) is 30.5 Å². The summed E-state index contributed by atoms with van der Waals surface area (Å²) in [5.74, 6) is -1.73.